The molecule has 1 N–H and O–H groups in total. The summed E-state index contributed by atoms with van der Waals surface area (Å²) in [5.41, 5.74) is -0.311. The van der Waals surface area contributed by atoms with Crippen LogP contribution in [-0.2, 0) is 21.0 Å². The highest BCUT2D eigenvalue weighted by atomic mass is 35.5. The molecule has 0 aliphatic heterocycles. The number of nitrogens with zero attached hydrogens (tertiary/aromatic N) is 1. The van der Waals surface area contributed by atoms with Crippen molar-refractivity contribution in [3.8, 4) is 0 Å². The molecule has 3 aromatic carbocycles. The molecular formula is C22H18ClF3N2O3S. The summed E-state index contributed by atoms with van der Waals surface area (Å²) >= 11 is 5.98. The number of hydrogen-bond acceptors (Lipinski definition) is 3. The molecule has 3 rings (SSSR count). The molecule has 0 bridgehead atoms. The van der Waals surface area contributed by atoms with E-state index in [-0.39, 0.29) is 16.3 Å². The van der Waals surface area contributed by atoms with E-state index in [1.165, 1.54) is 30.3 Å². The highest BCUT2D eigenvalue weighted by Crippen LogP contribution is 2.31. The summed E-state index contributed by atoms with van der Waals surface area (Å²) in [7, 11) is -4.16. The van der Waals surface area contributed by atoms with Crippen molar-refractivity contribution in [2.24, 2.45) is 0 Å². The van der Waals surface area contributed by atoms with Gasteiger partial charge >= 0.3 is 6.18 Å². The number of sulfonamides is 1. The molecule has 0 aliphatic rings. The Balaban J connectivity index is 1.95. The third kappa shape index (κ3) is 5.41. The number of anilines is 2. The number of alkyl halides is 3. The first-order chi connectivity index (χ1) is 15.0. The molecule has 5 nitrogen and oxygen atoms in total. The molecule has 0 heterocycles. The average Bonchev–Trinajstić information content (AvgIpc) is 2.73. The van der Waals surface area contributed by atoms with E-state index in [0.29, 0.717) is 10.6 Å². The van der Waals surface area contributed by atoms with E-state index in [4.69, 9.17) is 11.6 Å². The van der Waals surface area contributed by atoms with E-state index < -0.39 is 34.2 Å². The van der Waals surface area contributed by atoms with Crippen LogP contribution in [-0.4, -0.2) is 20.9 Å². The Morgan fingerprint density at radius 2 is 1.69 bits per heavy atom. The molecular weight excluding hydrogens is 465 g/mol. The fourth-order valence-corrected chi connectivity index (χ4v) is 4.76. The fraction of sp³-hybridized carbons (Fsp3) is 0.136. The third-order valence-electron chi connectivity index (χ3n) is 4.52. The molecule has 168 valence electrons. The van der Waals surface area contributed by atoms with Crippen LogP contribution < -0.4 is 9.62 Å². The van der Waals surface area contributed by atoms with Crippen LogP contribution in [0.3, 0.4) is 0 Å². The normalized spacial score (nSPS) is 11.8. The third-order valence-corrected chi connectivity index (χ3v) is 6.53. The lowest BCUT2D eigenvalue weighted by Gasteiger charge is -2.25. The van der Waals surface area contributed by atoms with Gasteiger partial charge in [0.2, 0.25) is 5.91 Å². The SMILES string of the molecule is Cc1cc(Cl)ccc1N(CC(=O)Nc1cccc(C(F)(F)F)c1)S(=O)(=O)c1ccccc1. The molecule has 0 radical (unpaired) electrons. The number of halogens is 4. The Kier molecular flexibility index (Phi) is 6.80. The first-order valence-corrected chi connectivity index (χ1v) is 11.1. The Labute approximate surface area is 188 Å². The maximum atomic E-state index is 13.3. The fourth-order valence-electron chi connectivity index (χ4n) is 3.02. The Morgan fingerprint density at radius 1 is 1.00 bits per heavy atom. The number of carbonyl (C=O) groups is 1. The Hall–Kier alpha value is -3.04. The van der Waals surface area contributed by atoms with Crippen LogP contribution in [0.15, 0.2) is 77.7 Å². The van der Waals surface area contributed by atoms with Gasteiger partial charge in [0.25, 0.3) is 10.0 Å². The maximum absolute atomic E-state index is 13.3. The summed E-state index contributed by atoms with van der Waals surface area (Å²) in [4.78, 5) is 12.6. The minimum atomic E-state index is -4.58. The summed E-state index contributed by atoms with van der Waals surface area (Å²) < 4.78 is 66.4. The van der Waals surface area contributed by atoms with E-state index in [1.54, 1.807) is 31.2 Å². The first kappa shape index (κ1) is 23.6. The van der Waals surface area contributed by atoms with E-state index in [1.807, 2.05) is 0 Å². The van der Waals surface area contributed by atoms with Crippen molar-refractivity contribution in [2.75, 3.05) is 16.2 Å². The monoisotopic (exact) mass is 482 g/mol. The van der Waals surface area contributed by atoms with Gasteiger partial charge in [0.05, 0.1) is 16.1 Å². The predicted octanol–water partition coefficient (Wildman–Crippen LogP) is 5.50. The van der Waals surface area contributed by atoms with Gasteiger partial charge in [0, 0.05) is 10.7 Å². The molecule has 1 amide bonds. The van der Waals surface area contributed by atoms with Gasteiger partial charge in [-0.05, 0) is 61.0 Å². The lowest BCUT2D eigenvalue weighted by molar-refractivity contribution is -0.137. The van der Waals surface area contributed by atoms with Gasteiger partial charge in [-0.3, -0.25) is 9.10 Å². The number of nitrogens with one attached hydrogen (secondary N) is 1. The zero-order chi connectivity index (χ0) is 23.5. The van der Waals surface area contributed by atoms with Gasteiger partial charge in [-0.25, -0.2) is 8.42 Å². The highest BCUT2D eigenvalue weighted by molar-refractivity contribution is 7.92. The summed E-state index contributed by atoms with van der Waals surface area (Å²) in [5, 5.41) is 2.72. The average molecular weight is 483 g/mol. The molecule has 0 saturated heterocycles. The molecule has 10 heteroatoms. The lowest BCUT2D eigenvalue weighted by atomic mass is 10.2. The summed E-state index contributed by atoms with van der Waals surface area (Å²) in [6.07, 6.45) is -4.58. The lowest BCUT2D eigenvalue weighted by Crippen LogP contribution is -2.38. The second-order valence-electron chi connectivity index (χ2n) is 6.88. The van der Waals surface area contributed by atoms with Crippen LogP contribution in [0.5, 0.6) is 0 Å². The van der Waals surface area contributed by atoms with Crippen molar-refractivity contribution < 1.29 is 26.4 Å². The largest absolute Gasteiger partial charge is 0.416 e. The Bertz CT molecular complexity index is 1230. The van der Waals surface area contributed by atoms with Crippen molar-refractivity contribution in [3.05, 3.63) is 88.9 Å². The van der Waals surface area contributed by atoms with E-state index in [0.717, 1.165) is 22.5 Å². The van der Waals surface area contributed by atoms with Gasteiger partial charge < -0.3 is 5.32 Å². The van der Waals surface area contributed by atoms with Gasteiger partial charge in [-0.1, -0.05) is 35.9 Å². The molecule has 3 aromatic rings. The second kappa shape index (κ2) is 9.22. The maximum Gasteiger partial charge on any atom is 0.416 e. The van der Waals surface area contributed by atoms with Gasteiger partial charge in [-0.15, -0.1) is 0 Å². The molecule has 0 unspecified atom stereocenters. The van der Waals surface area contributed by atoms with Crippen LogP contribution in [0.4, 0.5) is 24.5 Å². The van der Waals surface area contributed by atoms with Gasteiger partial charge in [-0.2, -0.15) is 13.2 Å². The molecule has 0 aliphatic carbocycles. The van der Waals surface area contributed by atoms with Crippen molar-refractivity contribution in [3.63, 3.8) is 0 Å². The standard InChI is InChI=1S/C22H18ClF3N2O3S/c1-15-12-17(23)10-11-20(15)28(32(30,31)19-8-3-2-4-9-19)14-21(29)27-18-7-5-6-16(13-18)22(24,25)26/h2-13H,14H2,1H3,(H,27,29). The number of hydrogen-bond donors (Lipinski definition) is 1. The predicted molar refractivity (Wildman–Crippen MR) is 117 cm³/mol. The highest BCUT2D eigenvalue weighted by Gasteiger charge is 2.31. The molecule has 0 fully saturated rings. The van der Waals surface area contributed by atoms with Gasteiger partial charge in [0.1, 0.15) is 6.54 Å². The van der Waals surface area contributed by atoms with Crippen molar-refractivity contribution in [2.45, 2.75) is 18.0 Å². The molecule has 32 heavy (non-hydrogen) atoms. The van der Waals surface area contributed by atoms with E-state index in [9.17, 15) is 26.4 Å². The molecule has 0 aromatic heterocycles. The number of aryl methyl sites for hydroxylation is 1. The zero-order valence-corrected chi connectivity index (χ0v) is 18.3. The molecule has 0 saturated carbocycles. The number of amides is 1. The molecule has 0 atom stereocenters. The summed E-state index contributed by atoms with van der Waals surface area (Å²) in [6, 6.07) is 16.1. The van der Waals surface area contributed by atoms with Crippen LogP contribution in [0, 0.1) is 6.92 Å². The number of rotatable bonds is 6. The van der Waals surface area contributed by atoms with Crippen molar-refractivity contribution in [1.82, 2.24) is 0 Å². The van der Waals surface area contributed by atoms with Crippen molar-refractivity contribution in [1.29, 1.82) is 0 Å². The first-order valence-electron chi connectivity index (χ1n) is 9.29. The summed E-state index contributed by atoms with van der Waals surface area (Å²) in [5.74, 6) is -0.807. The number of benzene rings is 3. The topological polar surface area (TPSA) is 66.5 Å². The van der Waals surface area contributed by atoms with Crippen LogP contribution >= 0.6 is 11.6 Å². The van der Waals surface area contributed by atoms with Crippen molar-refractivity contribution >= 4 is 38.9 Å². The molecule has 0 spiro atoms. The van der Waals surface area contributed by atoms with E-state index >= 15 is 0 Å². The quantitative estimate of drug-likeness (QED) is 0.504. The van der Waals surface area contributed by atoms with Crippen LogP contribution in [0.2, 0.25) is 5.02 Å². The Morgan fingerprint density at radius 3 is 2.31 bits per heavy atom. The van der Waals surface area contributed by atoms with Crippen LogP contribution in [0.1, 0.15) is 11.1 Å². The minimum absolute atomic E-state index is 0.0405. The smallest absolute Gasteiger partial charge is 0.325 e. The van der Waals surface area contributed by atoms with Crippen LogP contribution in [0.25, 0.3) is 0 Å². The zero-order valence-electron chi connectivity index (χ0n) is 16.7. The second-order valence-corrected chi connectivity index (χ2v) is 9.18. The summed E-state index contributed by atoms with van der Waals surface area (Å²) in [6.45, 7) is 0.982. The van der Waals surface area contributed by atoms with E-state index in [2.05, 4.69) is 5.32 Å². The van der Waals surface area contributed by atoms with Gasteiger partial charge in [0.15, 0.2) is 0 Å². The number of carbonyl (C=O) groups excluding carboxylic acids is 1. The minimum Gasteiger partial charge on any atom is -0.325 e.